The van der Waals surface area contributed by atoms with Gasteiger partial charge >= 0.3 is 0 Å². The summed E-state index contributed by atoms with van der Waals surface area (Å²) in [6, 6.07) is 15.0. The molecule has 1 aromatic heterocycles. The number of nitrogens with zero attached hydrogens (tertiary/aromatic N) is 1. The van der Waals surface area contributed by atoms with E-state index in [-0.39, 0.29) is 29.4 Å². The molecule has 0 bridgehead atoms. The quantitative estimate of drug-likeness (QED) is 0.541. The van der Waals surface area contributed by atoms with Crippen molar-refractivity contribution in [1.29, 1.82) is 0 Å². The Kier molecular flexibility index (Phi) is 5.93. The predicted octanol–water partition coefficient (Wildman–Crippen LogP) is 0.983. The lowest BCUT2D eigenvalue weighted by atomic mass is 9.87. The largest absolute Gasteiger partial charge is 1.00 e. The van der Waals surface area contributed by atoms with Gasteiger partial charge in [0.1, 0.15) is 7.05 Å². The lowest BCUT2D eigenvalue weighted by Gasteiger charge is -2.18. The number of hydrogen-bond acceptors (Lipinski definition) is 0. The molecule has 0 aliphatic heterocycles. The number of aryl methyl sites for hydroxylation is 1. The van der Waals surface area contributed by atoms with E-state index in [0.29, 0.717) is 0 Å². The molecule has 2 rings (SSSR count). The standard InChI is InChI=1S/C18H22N.HI/c1-18(2,3)16-11-8-15(9-12-16)10-13-17-7-5-6-14-19(17)4;/h5-14H,1-4H3;1H/q+1;/p-1/b13-10+;. The highest BCUT2D eigenvalue weighted by Gasteiger charge is 2.12. The van der Waals surface area contributed by atoms with Gasteiger partial charge in [-0.1, -0.05) is 45.0 Å². The van der Waals surface area contributed by atoms with Crippen molar-refractivity contribution in [3.8, 4) is 0 Å². The Bertz CT molecular complexity index is 577. The predicted molar refractivity (Wildman–Crippen MR) is 81.7 cm³/mol. The van der Waals surface area contributed by atoms with Crippen LogP contribution >= 0.6 is 0 Å². The molecule has 0 spiro atoms. The maximum atomic E-state index is 2.24. The van der Waals surface area contributed by atoms with E-state index in [1.807, 2.05) is 6.07 Å². The van der Waals surface area contributed by atoms with Crippen LogP contribution in [0.1, 0.15) is 37.6 Å². The normalized spacial score (nSPS) is 11.4. The molecule has 0 saturated carbocycles. The van der Waals surface area contributed by atoms with Crippen molar-refractivity contribution in [2.45, 2.75) is 26.2 Å². The molecule has 0 fully saturated rings. The van der Waals surface area contributed by atoms with E-state index in [0.717, 1.165) is 0 Å². The molecule has 1 heterocycles. The van der Waals surface area contributed by atoms with Gasteiger partial charge in [-0.2, -0.15) is 0 Å². The third-order valence-corrected chi connectivity index (χ3v) is 3.32. The topological polar surface area (TPSA) is 3.88 Å². The maximum absolute atomic E-state index is 2.24. The first kappa shape index (κ1) is 16.9. The second kappa shape index (κ2) is 7.02. The van der Waals surface area contributed by atoms with Gasteiger partial charge in [-0.15, -0.1) is 0 Å². The Balaban J connectivity index is 0.00000200. The summed E-state index contributed by atoms with van der Waals surface area (Å²) in [7, 11) is 2.06. The number of aromatic nitrogens is 1. The van der Waals surface area contributed by atoms with Gasteiger partial charge in [0.25, 0.3) is 0 Å². The van der Waals surface area contributed by atoms with E-state index in [9.17, 15) is 0 Å². The molecule has 0 aliphatic carbocycles. The first-order valence-corrected chi connectivity index (χ1v) is 6.70. The van der Waals surface area contributed by atoms with Crippen LogP contribution in [0.5, 0.6) is 0 Å². The minimum Gasteiger partial charge on any atom is -1.00 e. The molecule has 20 heavy (non-hydrogen) atoms. The molecular formula is C18H22IN. The minimum absolute atomic E-state index is 0. The molecule has 0 amide bonds. The molecular weight excluding hydrogens is 357 g/mol. The van der Waals surface area contributed by atoms with Gasteiger partial charge in [0.15, 0.2) is 6.20 Å². The summed E-state index contributed by atoms with van der Waals surface area (Å²) < 4.78 is 2.11. The fraction of sp³-hybridized carbons (Fsp3) is 0.278. The summed E-state index contributed by atoms with van der Waals surface area (Å²) in [5.74, 6) is 0. The zero-order valence-corrected chi connectivity index (χ0v) is 14.8. The summed E-state index contributed by atoms with van der Waals surface area (Å²) in [5, 5.41) is 0. The van der Waals surface area contributed by atoms with Crippen LogP contribution < -0.4 is 28.5 Å². The van der Waals surface area contributed by atoms with Gasteiger partial charge in [-0.05, 0) is 28.7 Å². The second-order valence-corrected chi connectivity index (χ2v) is 5.94. The van der Waals surface area contributed by atoms with Crippen LogP contribution in [0.2, 0.25) is 0 Å². The average Bonchev–Trinajstić information content (AvgIpc) is 2.37. The SMILES string of the molecule is C[n+]1ccccc1/C=C/c1ccc(C(C)(C)C)cc1.[I-]. The van der Waals surface area contributed by atoms with E-state index in [1.165, 1.54) is 16.8 Å². The number of hydrogen-bond donors (Lipinski definition) is 0. The van der Waals surface area contributed by atoms with E-state index >= 15 is 0 Å². The lowest BCUT2D eigenvalue weighted by Crippen LogP contribution is -3.00. The number of halogens is 1. The minimum atomic E-state index is 0. The van der Waals surface area contributed by atoms with E-state index in [1.54, 1.807) is 0 Å². The Hall–Kier alpha value is -1.16. The summed E-state index contributed by atoms with van der Waals surface area (Å²) in [5.41, 5.74) is 4.02. The molecule has 0 N–H and O–H groups in total. The lowest BCUT2D eigenvalue weighted by molar-refractivity contribution is -0.673. The second-order valence-electron chi connectivity index (χ2n) is 5.94. The molecule has 0 radical (unpaired) electrons. The molecule has 0 atom stereocenters. The van der Waals surface area contributed by atoms with Gasteiger partial charge in [-0.25, -0.2) is 4.57 Å². The summed E-state index contributed by atoms with van der Waals surface area (Å²) >= 11 is 0. The van der Waals surface area contributed by atoms with Crippen LogP contribution in [0.3, 0.4) is 0 Å². The van der Waals surface area contributed by atoms with Crippen molar-refractivity contribution in [3.05, 3.63) is 65.5 Å². The fourth-order valence-corrected chi connectivity index (χ4v) is 1.99. The van der Waals surface area contributed by atoms with Crippen molar-refractivity contribution in [2.75, 3.05) is 0 Å². The monoisotopic (exact) mass is 379 g/mol. The van der Waals surface area contributed by atoms with E-state index < -0.39 is 0 Å². The zero-order chi connectivity index (χ0) is 13.9. The molecule has 2 aromatic rings. The van der Waals surface area contributed by atoms with Crippen molar-refractivity contribution >= 4 is 12.2 Å². The Morgan fingerprint density at radius 1 is 0.900 bits per heavy atom. The Morgan fingerprint density at radius 2 is 1.55 bits per heavy atom. The number of rotatable bonds is 2. The van der Waals surface area contributed by atoms with E-state index in [2.05, 4.69) is 87.1 Å². The molecule has 0 unspecified atom stereocenters. The van der Waals surface area contributed by atoms with Gasteiger partial charge in [-0.3, -0.25) is 0 Å². The number of benzene rings is 1. The zero-order valence-electron chi connectivity index (χ0n) is 12.6. The maximum Gasteiger partial charge on any atom is 0.204 e. The highest BCUT2D eigenvalue weighted by Crippen LogP contribution is 2.22. The van der Waals surface area contributed by atoms with Crippen LogP contribution in [0.4, 0.5) is 0 Å². The molecule has 1 aromatic carbocycles. The number of pyridine rings is 1. The van der Waals surface area contributed by atoms with Crippen molar-refractivity contribution < 1.29 is 28.5 Å². The highest BCUT2D eigenvalue weighted by molar-refractivity contribution is 5.67. The molecule has 2 heteroatoms. The highest BCUT2D eigenvalue weighted by atomic mass is 127. The van der Waals surface area contributed by atoms with Crippen molar-refractivity contribution in [3.63, 3.8) is 0 Å². The molecule has 1 nitrogen and oxygen atoms in total. The van der Waals surface area contributed by atoms with Gasteiger partial charge < -0.3 is 24.0 Å². The fourth-order valence-electron chi connectivity index (χ4n) is 1.99. The van der Waals surface area contributed by atoms with E-state index in [4.69, 9.17) is 0 Å². The van der Waals surface area contributed by atoms with Crippen LogP contribution in [0.15, 0.2) is 48.7 Å². The van der Waals surface area contributed by atoms with Gasteiger partial charge in [0.2, 0.25) is 5.69 Å². The van der Waals surface area contributed by atoms with Crippen molar-refractivity contribution in [2.24, 2.45) is 7.05 Å². The summed E-state index contributed by atoms with van der Waals surface area (Å²) in [6.45, 7) is 6.71. The van der Waals surface area contributed by atoms with Crippen LogP contribution in [0, 0.1) is 0 Å². The molecule has 0 aliphatic rings. The van der Waals surface area contributed by atoms with Gasteiger partial charge in [0.05, 0.1) is 0 Å². The van der Waals surface area contributed by atoms with Crippen molar-refractivity contribution in [1.82, 2.24) is 0 Å². The Labute approximate surface area is 139 Å². The average molecular weight is 379 g/mol. The first-order chi connectivity index (χ1) is 8.97. The van der Waals surface area contributed by atoms with Crippen LogP contribution in [-0.2, 0) is 12.5 Å². The first-order valence-electron chi connectivity index (χ1n) is 6.70. The smallest absolute Gasteiger partial charge is 0.204 e. The Morgan fingerprint density at radius 3 is 2.10 bits per heavy atom. The molecule has 0 saturated heterocycles. The summed E-state index contributed by atoms with van der Waals surface area (Å²) in [4.78, 5) is 0. The van der Waals surface area contributed by atoms with Gasteiger partial charge in [0, 0.05) is 18.2 Å². The third-order valence-electron chi connectivity index (χ3n) is 3.32. The third kappa shape index (κ3) is 4.44. The van der Waals surface area contributed by atoms with Crippen LogP contribution in [-0.4, -0.2) is 0 Å². The van der Waals surface area contributed by atoms with Crippen LogP contribution in [0.25, 0.3) is 12.2 Å². The summed E-state index contributed by atoms with van der Waals surface area (Å²) in [6.07, 6.45) is 6.36. The molecule has 106 valence electrons.